The molecule has 0 aliphatic rings. The second kappa shape index (κ2) is 3.34. The molecule has 3 nitrogen and oxygen atoms in total. The highest BCUT2D eigenvalue weighted by molar-refractivity contribution is 6.29. The Hall–Kier alpha value is -1.09. The van der Waals surface area contributed by atoms with Crippen LogP contribution >= 0.6 is 11.6 Å². The lowest BCUT2D eigenvalue weighted by Gasteiger charge is -1.97. The van der Waals surface area contributed by atoms with Gasteiger partial charge in [-0.1, -0.05) is 17.7 Å². The molecule has 0 atom stereocenters. The van der Waals surface area contributed by atoms with Gasteiger partial charge in [0.15, 0.2) is 0 Å². The fourth-order valence-corrected chi connectivity index (χ4v) is 0.829. The zero-order valence-corrected chi connectivity index (χ0v) is 6.84. The van der Waals surface area contributed by atoms with Crippen LogP contribution in [0.15, 0.2) is 23.2 Å². The Morgan fingerprint density at radius 2 is 2.36 bits per heavy atom. The smallest absolute Gasteiger partial charge is 0.144 e. The molecule has 0 saturated carbocycles. The number of hydrogen-bond acceptors (Lipinski definition) is 2. The highest BCUT2D eigenvalue weighted by Crippen LogP contribution is 2.04. The Morgan fingerprint density at radius 1 is 1.64 bits per heavy atom. The van der Waals surface area contributed by atoms with Crippen molar-refractivity contribution in [3.63, 3.8) is 0 Å². The maximum absolute atomic E-state index is 5.62. The number of halogens is 1. The summed E-state index contributed by atoms with van der Waals surface area (Å²) in [6.45, 7) is 0. The van der Waals surface area contributed by atoms with Crippen LogP contribution in [-0.2, 0) is 0 Å². The maximum Gasteiger partial charge on any atom is 0.144 e. The molecule has 2 N–H and O–H groups in total. The van der Waals surface area contributed by atoms with E-state index in [0.29, 0.717) is 16.7 Å². The number of hydrogen-bond donors (Lipinski definition) is 1. The average molecular weight is 170 g/mol. The molecular weight excluding hydrogens is 162 g/mol. The summed E-state index contributed by atoms with van der Waals surface area (Å²) in [7, 11) is 1.61. The van der Waals surface area contributed by atoms with E-state index in [1.807, 2.05) is 0 Å². The van der Waals surface area contributed by atoms with Gasteiger partial charge in [0.1, 0.15) is 16.7 Å². The van der Waals surface area contributed by atoms with Gasteiger partial charge in [-0.25, -0.2) is 4.98 Å². The maximum atomic E-state index is 5.62. The van der Waals surface area contributed by atoms with Crippen molar-refractivity contribution in [3.05, 3.63) is 29.0 Å². The summed E-state index contributed by atoms with van der Waals surface area (Å²) >= 11 is 5.62. The number of aromatic nitrogens is 1. The van der Waals surface area contributed by atoms with Crippen LogP contribution in [0.5, 0.6) is 0 Å². The van der Waals surface area contributed by atoms with Gasteiger partial charge in [-0.2, -0.15) is 0 Å². The molecule has 0 aliphatic heterocycles. The predicted octanol–water partition coefficient (Wildman–Crippen LogP) is 1.07. The largest absolute Gasteiger partial charge is 0.382 e. The van der Waals surface area contributed by atoms with Crippen molar-refractivity contribution >= 4 is 17.4 Å². The molecular formula is C7H8ClN3. The summed E-state index contributed by atoms with van der Waals surface area (Å²) in [5, 5.41) is 0.425. The van der Waals surface area contributed by atoms with Crippen LogP contribution in [0.25, 0.3) is 0 Å². The number of aliphatic imine (C=N–C) groups is 1. The van der Waals surface area contributed by atoms with Gasteiger partial charge >= 0.3 is 0 Å². The van der Waals surface area contributed by atoms with Crippen molar-refractivity contribution in [2.75, 3.05) is 7.05 Å². The first-order valence-electron chi connectivity index (χ1n) is 3.09. The van der Waals surface area contributed by atoms with Crippen LogP contribution in [0.1, 0.15) is 5.69 Å². The first-order chi connectivity index (χ1) is 5.24. The standard InChI is InChI=1S/C7H8ClN3/c1-10-7(9)5-3-2-4-6(8)11-5/h2-4H,1H3,(H2,9,10). The second-order valence-electron chi connectivity index (χ2n) is 1.95. The molecule has 58 valence electrons. The van der Waals surface area contributed by atoms with Gasteiger partial charge in [0.25, 0.3) is 0 Å². The molecule has 1 heterocycles. The minimum absolute atomic E-state index is 0.396. The number of nitrogens with two attached hydrogens (primary N) is 1. The zero-order chi connectivity index (χ0) is 8.27. The van der Waals surface area contributed by atoms with Crippen LogP contribution in [0.3, 0.4) is 0 Å². The third kappa shape index (κ3) is 1.91. The van der Waals surface area contributed by atoms with Crippen molar-refractivity contribution in [3.8, 4) is 0 Å². The van der Waals surface area contributed by atoms with Gasteiger partial charge in [-0.05, 0) is 12.1 Å². The van der Waals surface area contributed by atoms with Crippen LogP contribution in [-0.4, -0.2) is 17.9 Å². The molecule has 1 aromatic rings. The van der Waals surface area contributed by atoms with E-state index in [9.17, 15) is 0 Å². The molecule has 4 heteroatoms. The number of amidine groups is 1. The molecule has 0 aromatic carbocycles. The highest BCUT2D eigenvalue weighted by Gasteiger charge is 1.97. The SMILES string of the molecule is CN=C(N)c1cccc(Cl)n1. The van der Waals surface area contributed by atoms with Gasteiger partial charge in [0, 0.05) is 7.05 Å². The van der Waals surface area contributed by atoms with Crippen LogP contribution in [0.2, 0.25) is 5.15 Å². The van der Waals surface area contributed by atoms with Crippen molar-refractivity contribution < 1.29 is 0 Å². The van der Waals surface area contributed by atoms with E-state index in [0.717, 1.165) is 0 Å². The summed E-state index contributed by atoms with van der Waals surface area (Å²) in [5.74, 6) is 0.396. The van der Waals surface area contributed by atoms with Crippen LogP contribution in [0, 0.1) is 0 Å². The van der Waals surface area contributed by atoms with Crippen LogP contribution in [0.4, 0.5) is 0 Å². The Kier molecular flexibility index (Phi) is 2.44. The van der Waals surface area contributed by atoms with E-state index in [1.165, 1.54) is 0 Å². The van der Waals surface area contributed by atoms with Crippen molar-refractivity contribution in [1.82, 2.24) is 4.98 Å². The van der Waals surface area contributed by atoms with Gasteiger partial charge in [-0.3, -0.25) is 4.99 Å². The third-order valence-electron chi connectivity index (χ3n) is 1.22. The zero-order valence-electron chi connectivity index (χ0n) is 6.08. The summed E-state index contributed by atoms with van der Waals surface area (Å²) < 4.78 is 0. The van der Waals surface area contributed by atoms with Crippen molar-refractivity contribution in [2.45, 2.75) is 0 Å². The Balaban J connectivity index is 3.06. The number of pyridine rings is 1. The minimum Gasteiger partial charge on any atom is -0.382 e. The quantitative estimate of drug-likeness (QED) is 0.389. The molecule has 0 saturated heterocycles. The summed E-state index contributed by atoms with van der Waals surface area (Å²) in [6, 6.07) is 5.23. The van der Waals surface area contributed by atoms with Crippen LogP contribution < -0.4 is 5.73 Å². The second-order valence-corrected chi connectivity index (χ2v) is 2.34. The predicted molar refractivity (Wildman–Crippen MR) is 45.9 cm³/mol. The lowest BCUT2D eigenvalue weighted by molar-refractivity contribution is 1.26. The molecule has 1 rings (SSSR count). The van der Waals surface area contributed by atoms with Gasteiger partial charge in [-0.15, -0.1) is 0 Å². The summed E-state index contributed by atoms with van der Waals surface area (Å²) in [6.07, 6.45) is 0. The molecule has 11 heavy (non-hydrogen) atoms. The lowest BCUT2D eigenvalue weighted by Crippen LogP contribution is -2.14. The topological polar surface area (TPSA) is 51.3 Å². The number of rotatable bonds is 1. The van der Waals surface area contributed by atoms with E-state index in [1.54, 1.807) is 25.2 Å². The van der Waals surface area contributed by atoms with E-state index in [-0.39, 0.29) is 0 Å². The first kappa shape index (κ1) is 8.01. The Morgan fingerprint density at radius 3 is 2.91 bits per heavy atom. The molecule has 1 aromatic heterocycles. The Bertz CT molecular complexity index is 283. The monoisotopic (exact) mass is 169 g/mol. The van der Waals surface area contributed by atoms with Crippen molar-refractivity contribution in [1.29, 1.82) is 0 Å². The molecule has 0 unspecified atom stereocenters. The first-order valence-corrected chi connectivity index (χ1v) is 3.47. The molecule has 0 fully saturated rings. The van der Waals surface area contributed by atoms with Gasteiger partial charge < -0.3 is 5.73 Å². The van der Waals surface area contributed by atoms with E-state index in [2.05, 4.69) is 9.98 Å². The Labute approximate surface area is 69.9 Å². The van der Waals surface area contributed by atoms with E-state index >= 15 is 0 Å². The van der Waals surface area contributed by atoms with Gasteiger partial charge in [0.05, 0.1) is 0 Å². The van der Waals surface area contributed by atoms with Crippen molar-refractivity contribution in [2.24, 2.45) is 10.7 Å². The minimum atomic E-state index is 0.396. The molecule has 0 bridgehead atoms. The van der Waals surface area contributed by atoms with Gasteiger partial charge in [0.2, 0.25) is 0 Å². The third-order valence-corrected chi connectivity index (χ3v) is 1.43. The highest BCUT2D eigenvalue weighted by atomic mass is 35.5. The normalized spacial score (nSPS) is 11.6. The number of nitrogens with zero attached hydrogens (tertiary/aromatic N) is 2. The van der Waals surface area contributed by atoms with E-state index < -0.39 is 0 Å². The fourth-order valence-electron chi connectivity index (χ4n) is 0.665. The lowest BCUT2D eigenvalue weighted by atomic mass is 10.3. The van der Waals surface area contributed by atoms with E-state index in [4.69, 9.17) is 17.3 Å². The molecule has 0 radical (unpaired) electrons. The average Bonchev–Trinajstić information content (AvgIpc) is 2.03. The molecule has 0 amide bonds. The summed E-state index contributed by atoms with van der Waals surface area (Å²) in [5.41, 5.74) is 6.10. The fraction of sp³-hybridized carbons (Fsp3) is 0.143. The molecule has 0 aliphatic carbocycles. The summed E-state index contributed by atoms with van der Waals surface area (Å²) in [4.78, 5) is 7.73. The molecule has 0 spiro atoms.